The molecule has 0 rings (SSSR count). The first-order chi connectivity index (χ1) is 41.1. The minimum atomic E-state index is -1.53. The topological polar surface area (TPSA) is 108 Å². The van der Waals surface area contributed by atoms with Gasteiger partial charge < -0.3 is 28.5 Å². The fourth-order valence-corrected chi connectivity index (χ4v) is 9.54. The molecule has 0 amide bonds. The second-order valence-electron chi connectivity index (χ2n) is 24.1. The van der Waals surface area contributed by atoms with E-state index in [4.69, 9.17) is 18.9 Å². The molecule has 0 spiro atoms. The van der Waals surface area contributed by atoms with Gasteiger partial charge in [0.2, 0.25) is 0 Å². The van der Waals surface area contributed by atoms with Crippen molar-refractivity contribution in [3.05, 3.63) is 109 Å². The van der Waals surface area contributed by atoms with E-state index in [0.717, 1.165) is 96.3 Å². The zero-order valence-electron chi connectivity index (χ0n) is 55.0. The van der Waals surface area contributed by atoms with Crippen LogP contribution in [0.2, 0.25) is 0 Å². The van der Waals surface area contributed by atoms with Gasteiger partial charge >= 0.3 is 17.9 Å². The molecule has 2 unspecified atom stereocenters. The number of esters is 2. The second-order valence-corrected chi connectivity index (χ2v) is 24.1. The molecule has 0 radical (unpaired) electrons. The highest BCUT2D eigenvalue weighted by molar-refractivity contribution is 5.71. The van der Waals surface area contributed by atoms with Crippen LogP contribution in [0.15, 0.2) is 109 Å². The van der Waals surface area contributed by atoms with E-state index < -0.39 is 24.3 Å². The number of nitrogens with zero attached hydrogens (tertiary/aromatic N) is 1. The highest BCUT2D eigenvalue weighted by atomic mass is 16.7. The van der Waals surface area contributed by atoms with Crippen molar-refractivity contribution in [1.82, 2.24) is 0 Å². The molecule has 9 nitrogen and oxygen atoms in total. The van der Waals surface area contributed by atoms with Crippen LogP contribution in [0.5, 0.6) is 0 Å². The number of ether oxygens (including phenoxy) is 4. The second kappa shape index (κ2) is 64.9. The number of allylic oxidation sites excluding steroid dienone is 18. The third-order valence-corrected chi connectivity index (χ3v) is 14.8. The lowest BCUT2D eigenvalue weighted by molar-refractivity contribution is -0.870. The normalized spacial score (nSPS) is 13.4. The summed E-state index contributed by atoms with van der Waals surface area (Å²) in [6.45, 7) is 4.75. The van der Waals surface area contributed by atoms with Gasteiger partial charge in [0.25, 0.3) is 6.29 Å². The van der Waals surface area contributed by atoms with Crippen molar-refractivity contribution in [3.8, 4) is 0 Å². The van der Waals surface area contributed by atoms with Gasteiger partial charge in [0.1, 0.15) is 13.2 Å². The SMILES string of the molecule is CC/C=C\C/C=C\C/C=C\C/C=C\C/C=C\C/C=C\C/C=C\C/C=C\C/C=C\CCCCCC(=O)OC(COC(=O)CCCCCCCCCCCCCCCCCCCCCCCCCCCCCC)COC(OCC[N+](C)(C)C)C(=O)O. The van der Waals surface area contributed by atoms with Gasteiger partial charge in [0.05, 0.1) is 34.4 Å². The van der Waals surface area contributed by atoms with Crippen LogP contribution in [0.3, 0.4) is 0 Å². The number of hydrogen-bond donors (Lipinski definition) is 1. The number of quaternary nitrogens is 1. The van der Waals surface area contributed by atoms with Crippen molar-refractivity contribution in [2.45, 2.75) is 302 Å². The molecule has 0 aromatic heterocycles. The van der Waals surface area contributed by atoms with Crippen molar-refractivity contribution < 1.29 is 42.9 Å². The molecule has 84 heavy (non-hydrogen) atoms. The van der Waals surface area contributed by atoms with E-state index in [1.807, 2.05) is 21.1 Å². The van der Waals surface area contributed by atoms with Crippen LogP contribution in [-0.4, -0.2) is 87.4 Å². The molecular weight excluding hydrogens is 1040 g/mol. The predicted molar refractivity (Wildman–Crippen MR) is 359 cm³/mol. The first-order valence-electron chi connectivity index (χ1n) is 34.6. The summed E-state index contributed by atoms with van der Waals surface area (Å²) < 4.78 is 22.9. The molecule has 0 aliphatic carbocycles. The van der Waals surface area contributed by atoms with Crippen molar-refractivity contribution in [1.29, 1.82) is 0 Å². The minimum Gasteiger partial charge on any atom is -0.477 e. The maximum Gasteiger partial charge on any atom is 0.361 e. The van der Waals surface area contributed by atoms with Gasteiger partial charge in [-0.05, 0) is 83.5 Å². The van der Waals surface area contributed by atoms with Gasteiger partial charge in [-0.1, -0.05) is 303 Å². The maximum absolute atomic E-state index is 12.9. The summed E-state index contributed by atoms with van der Waals surface area (Å²) >= 11 is 0. The quantitative estimate of drug-likeness (QED) is 0.0211. The molecule has 9 heteroatoms. The number of rotatable bonds is 63. The van der Waals surface area contributed by atoms with E-state index >= 15 is 0 Å². The Balaban J connectivity index is 4.22. The lowest BCUT2D eigenvalue weighted by Gasteiger charge is -2.25. The minimum absolute atomic E-state index is 0.176. The van der Waals surface area contributed by atoms with E-state index in [1.165, 1.54) is 161 Å². The van der Waals surface area contributed by atoms with Crippen LogP contribution >= 0.6 is 0 Å². The van der Waals surface area contributed by atoms with Crippen molar-refractivity contribution in [3.63, 3.8) is 0 Å². The standard InChI is InChI=1S/C75H129NO8/c1-6-8-10-12-14-16-18-20-22-24-26-28-30-32-34-36-37-38-40-42-44-46-48-50-52-54-56-58-60-62-64-66-73(78)84-71(70-83-75(74(79)80)81-68-67-76(3,4)5)69-82-72(77)65-63-61-59-57-55-53-51-49-47-45-43-41-39-35-33-31-29-27-25-23-21-19-17-15-13-11-9-7-2/h8,10,14,16,20,22,26,28,32,34,37-38,42,44,48,50,54,56,71,75H,6-7,9,11-13,15,17-19,21,23-25,27,29-31,33,35-36,39-41,43,45-47,49,51-53,55,57-70H2,1-5H3/p+1/b10-8-,16-14-,22-20-,28-26-,34-32-,38-37-,44-42-,50-48-,56-54-. The Bertz CT molecular complexity index is 1750. The summed E-state index contributed by atoms with van der Waals surface area (Å²) in [5.41, 5.74) is 0. The maximum atomic E-state index is 12.9. The van der Waals surface area contributed by atoms with E-state index in [0.29, 0.717) is 23.9 Å². The van der Waals surface area contributed by atoms with Gasteiger partial charge in [0, 0.05) is 12.8 Å². The Morgan fingerprint density at radius 1 is 0.369 bits per heavy atom. The molecule has 2 atom stereocenters. The lowest BCUT2D eigenvalue weighted by atomic mass is 10.0. The van der Waals surface area contributed by atoms with Crippen molar-refractivity contribution in [2.24, 2.45) is 0 Å². The third kappa shape index (κ3) is 65.5. The van der Waals surface area contributed by atoms with Crippen LogP contribution < -0.4 is 0 Å². The first kappa shape index (κ1) is 80.0. The number of hydrogen-bond acceptors (Lipinski definition) is 7. The largest absolute Gasteiger partial charge is 0.477 e. The van der Waals surface area contributed by atoms with Gasteiger partial charge in [-0.2, -0.15) is 0 Å². The molecule has 1 N–H and O–H groups in total. The Morgan fingerprint density at radius 3 is 1.01 bits per heavy atom. The van der Waals surface area contributed by atoms with Crippen molar-refractivity contribution in [2.75, 3.05) is 47.5 Å². The number of carbonyl (C=O) groups is 3. The Labute approximate surface area is 517 Å². The van der Waals surface area contributed by atoms with Crippen LogP contribution in [0.1, 0.15) is 290 Å². The average Bonchev–Trinajstić information content (AvgIpc) is 3.51. The number of likely N-dealkylation sites (N-methyl/N-ethyl adjacent to an activating group) is 1. The van der Waals surface area contributed by atoms with E-state index in [2.05, 4.69) is 123 Å². The summed E-state index contributed by atoms with van der Waals surface area (Å²) in [6.07, 6.45) is 87.7. The number of carboxylic acids is 1. The molecule has 0 saturated carbocycles. The molecule has 0 aliphatic rings. The monoisotopic (exact) mass is 1170 g/mol. The number of aliphatic carboxylic acids is 1. The van der Waals surface area contributed by atoms with Gasteiger partial charge in [0.15, 0.2) is 6.10 Å². The molecular formula is C75H130NO8+. The predicted octanol–water partition coefficient (Wildman–Crippen LogP) is 21.4. The number of carboxylic acid groups (broad SMARTS) is 1. The summed E-state index contributed by atoms with van der Waals surface area (Å²) in [7, 11) is 5.96. The van der Waals surface area contributed by atoms with Crippen LogP contribution in [0.25, 0.3) is 0 Å². The summed E-state index contributed by atoms with van der Waals surface area (Å²) in [5.74, 6) is -2.05. The zero-order valence-corrected chi connectivity index (χ0v) is 55.0. The van der Waals surface area contributed by atoms with Crippen LogP contribution in [0, 0.1) is 0 Å². The molecule has 0 saturated heterocycles. The van der Waals surface area contributed by atoms with Crippen molar-refractivity contribution >= 4 is 17.9 Å². The van der Waals surface area contributed by atoms with Gasteiger partial charge in [-0.3, -0.25) is 9.59 Å². The molecule has 482 valence electrons. The Hall–Kier alpha value is -4.05. The number of unbranched alkanes of at least 4 members (excludes halogenated alkanes) is 30. The first-order valence-corrected chi connectivity index (χ1v) is 34.6. The molecule has 0 heterocycles. The smallest absolute Gasteiger partial charge is 0.361 e. The third-order valence-electron chi connectivity index (χ3n) is 14.8. The molecule has 0 aliphatic heterocycles. The lowest BCUT2D eigenvalue weighted by Crippen LogP contribution is -2.40. The van der Waals surface area contributed by atoms with Gasteiger partial charge in [-0.15, -0.1) is 0 Å². The zero-order chi connectivity index (χ0) is 61.2. The molecule has 0 bridgehead atoms. The molecule has 0 aromatic carbocycles. The molecule has 0 fully saturated rings. The van der Waals surface area contributed by atoms with E-state index in [9.17, 15) is 19.5 Å². The Kier molecular flexibility index (Phi) is 61.8. The van der Waals surface area contributed by atoms with E-state index in [-0.39, 0.29) is 32.2 Å². The average molecular weight is 1170 g/mol. The van der Waals surface area contributed by atoms with Crippen LogP contribution in [0.4, 0.5) is 0 Å². The summed E-state index contributed by atoms with van der Waals surface area (Å²) in [4.78, 5) is 37.6. The molecule has 0 aromatic rings. The fourth-order valence-electron chi connectivity index (χ4n) is 9.54. The highest BCUT2D eigenvalue weighted by Gasteiger charge is 2.25. The van der Waals surface area contributed by atoms with Gasteiger partial charge in [-0.25, -0.2) is 4.79 Å². The highest BCUT2D eigenvalue weighted by Crippen LogP contribution is 2.18. The van der Waals surface area contributed by atoms with E-state index in [1.54, 1.807) is 0 Å². The number of carbonyl (C=O) groups excluding carboxylic acids is 2. The fraction of sp³-hybridized carbons (Fsp3) is 0.720. The summed E-state index contributed by atoms with van der Waals surface area (Å²) in [6, 6.07) is 0. The Morgan fingerprint density at radius 2 is 0.679 bits per heavy atom. The summed E-state index contributed by atoms with van der Waals surface area (Å²) in [5, 5.41) is 9.74. The van der Waals surface area contributed by atoms with Crippen LogP contribution in [-0.2, 0) is 33.3 Å².